The van der Waals surface area contributed by atoms with Gasteiger partial charge in [0.25, 0.3) is 0 Å². The van der Waals surface area contributed by atoms with Crippen molar-refractivity contribution in [3.8, 4) is 0 Å². The molecule has 1 heterocycles. The van der Waals surface area contributed by atoms with E-state index in [9.17, 15) is 13.2 Å². The molecule has 5 heteroatoms. The Morgan fingerprint density at radius 2 is 2.15 bits per heavy atom. The third kappa shape index (κ3) is 2.22. The average Bonchev–Trinajstić information content (AvgIpc) is 2.49. The molecule has 0 aliphatic heterocycles. The zero-order valence-corrected chi connectivity index (χ0v) is 7.88. The first kappa shape index (κ1) is 10.5. The van der Waals surface area contributed by atoms with Crippen molar-refractivity contribution in [2.45, 2.75) is 25.6 Å². The molecular weight excluding hydrogens is 199 g/mol. The first-order valence-corrected chi connectivity index (χ1v) is 4.75. The second kappa shape index (κ2) is 3.67. The van der Waals surface area contributed by atoms with Crippen molar-refractivity contribution in [1.82, 2.24) is 0 Å². The summed E-state index contributed by atoms with van der Waals surface area (Å²) in [6.07, 6.45) is -3.75. The fourth-order valence-corrected chi connectivity index (χ4v) is 1.90. The lowest BCUT2D eigenvalue weighted by Gasteiger charge is -2.11. The SMILES string of the molecule is CC[C@H](N)c1ccsc1C(F)(F)F. The van der Waals surface area contributed by atoms with Crippen LogP contribution in [0.2, 0.25) is 0 Å². The highest BCUT2D eigenvalue weighted by Crippen LogP contribution is 2.38. The molecule has 0 radical (unpaired) electrons. The molecule has 1 aromatic heterocycles. The number of thiophene rings is 1. The summed E-state index contributed by atoms with van der Waals surface area (Å²) in [6, 6.07) is 0.935. The molecule has 0 aliphatic rings. The Balaban J connectivity index is 3.03. The lowest BCUT2D eigenvalue weighted by Crippen LogP contribution is -2.14. The molecule has 74 valence electrons. The maximum atomic E-state index is 12.3. The molecular formula is C8H10F3NS. The van der Waals surface area contributed by atoms with Gasteiger partial charge < -0.3 is 5.73 Å². The van der Waals surface area contributed by atoms with Crippen LogP contribution in [-0.4, -0.2) is 0 Å². The maximum absolute atomic E-state index is 12.3. The average molecular weight is 209 g/mol. The first-order chi connectivity index (χ1) is 5.96. The third-order valence-corrected chi connectivity index (χ3v) is 2.77. The van der Waals surface area contributed by atoms with Crippen LogP contribution in [-0.2, 0) is 6.18 Å². The van der Waals surface area contributed by atoms with Crippen LogP contribution >= 0.6 is 11.3 Å². The Kier molecular flexibility index (Phi) is 2.98. The second-order valence-corrected chi connectivity index (χ2v) is 3.63. The summed E-state index contributed by atoms with van der Waals surface area (Å²) in [5.74, 6) is 0. The van der Waals surface area contributed by atoms with E-state index in [2.05, 4.69) is 0 Å². The van der Waals surface area contributed by atoms with E-state index in [1.807, 2.05) is 0 Å². The molecule has 13 heavy (non-hydrogen) atoms. The van der Waals surface area contributed by atoms with Crippen LogP contribution in [0.5, 0.6) is 0 Å². The predicted molar refractivity (Wildman–Crippen MR) is 46.5 cm³/mol. The maximum Gasteiger partial charge on any atom is 0.425 e. The Hall–Kier alpha value is -0.550. The minimum Gasteiger partial charge on any atom is -0.324 e. The van der Waals surface area contributed by atoms with E-state index in [-0.39, 0.29) is 5.56 Å². The van der Waals surface area contributed by atoms with E-state index in [0.29, 0.717) is 17.8 Å². The van der Waals surface area contributed by atoms with Crippen molar-refractivity contribution < 1.29 is 13.2 Å². The van der Waals surface area contributed by atoms with E-state index < -0.39 is 17.1 Å². The molecule has 1 atom stereocenters. The molecule has 0 bridgehead atoms. The van der Waals surface area contributed by atoms with Crippen molar-refractivity contribution in [2.75, 3.05) is 0 Å². The highest BCUT2D eigenvalue weighted by molar-refractivity contribution is 7.10. The molecule has 0 aromatic carbocycles. The summed E-state index contributed by atoms with van der Waals surface area (Å²) in [4.78, 5) is -0.568. The molecule has 0 aliphatic carbocycles. The molecule has 0 saturated heterocycles. The summed E-state index contributed by atoms with van der Waals surface area (Å²) in [5.41, 5.74) is 5.75. The van der Waals surface area contributed by atoms with Crippen LogP contribution in [0.25, 0.3) is 0 Å². The fourth-order valence-electron chi connectivity index (χ4n) is 1.06. The Morgan fingerprint density at radius 3 is 2.62 bits per heavy atom. The molecule has 0 fully saturated rings. The van der Waals surface area contributed by atoms with Crippen LogP contribution in [0.4, 0.5) is 13.2 Å². The molecule has 0 amide bonds. The highest BCUT2D eigenvalue weighted by Gasteiger charge is 2.35. The molecule has 1 aromatic rings. The van der Waals surface area contributed by atoms with Gasteiger partial charge in [-0.2, -0.15) is 13.2 Å². The minimum atomic E-state index is -4.27. The first-order valence-electron chi connectivity index (χ1n) is 3.87. The monoisotopic (exact) mass is 209 g/mol. The molecule has 1 rings (SSSR count). The normalized spacial score (nSPS) is 14.5. The molecule has 0 unspecified atom stereocenters. The Bertz CT molecular complexity index is 279. The lowest BCUT2D eigenvalue weighted by molar-refractivity contribution is -0.135. The van der Waals surface area contributed by atoms with Gasteiger partial charge in [-0.05, 0) is 23.4 Å². The van der Waals surface area contributed by atoms with Crippen LogP contribution < -0.4 is 5.73 Å². The summed E-state index contributed by atoms with van der Waals surface area (Å²) < 4.78 is 37.0. The van der Waals surface area contributed by atoms with Crippen molar-refractivity contribution in [3.05, 3.63) is 21.9 Å². The molecule has 1 nitrogen and oxygen atoms in total. The van der Waals surface area contributed by atoms with Gasteiger partial charge in [0.1, 0.15) is 4.88 Å². The van der Waals surface area contributed by atoms with Crippen molar-refractivity contribution >= 4 is 11.3 Å². The summed E-state index contributed by atoms with van der Waals surface area (Å²) in [6.45, 7) is 1.77. The Labute approximate surface area is 78.4 Å². The zero-order valence-electron chi connectivity index (χ0n) is 7.06. The van der Waals surface area contributed by atoms with Gasteiger partial charge in [0.05, 0.1) is 0 Å². The van der Waals surface area contributed by atoms with Crippen LogP contribution in [0.3, 0.4) is 0 Å². The van der Waals surface area contributed by atoms with Gasteiger partial charge in [0.2, 0.25) is 0 Å². The van der Waals surface area contributed by atoms with Crippen LogP contribution in [0.15, 0.2) is 11.4 Å². The highest BCUT2D eigenvalue weighted by atomic mass is 32.1. The van der Waals surface area contributed by atoms with Gasteiger partial charge in [-0.3, -0.25) is 0 Å². The number of hydrogen-bond acceptors (Lipinski definition) is 2. The minimum absolute atomic E-state index is 0.208. The zero-order chi connectivity index (χ0) is 10.1. The summed E-state index contributed by atoms with van der Waals surface area (Å²) in [7, 11) is 0. The number of nitrogens with two attached hydrogens (primary N) is 1. The second-order valence-electron chi connectivity index (χ2n) is 2.72. The van der Waals surface area contributed by atoms with Gasteiger partial charge in [-0.1, -0.05) is 6.92 Å². The lowest BCUT2D eigenvalue weighted by atomic mass is 10.1. The molecule has 0 spiro atoms. The number of alkyl halides is 3. The van der Waals surface area contributed by atoms with Gasteiger partial charge >= 0.3 is 6.18 Å². The summed E-state index contributed by atoms with van der Waals surface area (Å²) in [5, 5.41) is 1.42. The van der Waals surface area contributed by atoms with Crippen molar-refractivity contribution in [3.63, 3.8) is 0 Å². The van der Waals surface area contributed by atoms with Crippen molar-refractivity contribution in [2.24, 2.45) is 5.73 Å². The van der Waals surface area contributed by atoms with E-state index in [4.69, 9.17) is 5.73 Å². The van der Waals surface area contributed by atoms with E-state index in [0.717, 1.165) is 0 Å². The number of hydrogen-bond donors (Lipinski definition) is 1. The summed E-state index contributed by atoms with van der Waals surface area (Å²) >= 11 is 0.695. The molecule has 0 saturated carbocycles. The predicted octanol–water partition coefficient (Wildman–Crippen LogP) is 3.18. The van der Waals surface area contributed by atoms with E-state index in [1.54, 1.807) is 6.92 Å². The van der Waals surface area contributed by atoms with Crippen molar-refractivity contribution in [1.29, 1.82) is 0 Å². The number of rotatable bonds is 2. The van der Waals surface area contributed by atoms with E-state index >= 15 is 0 Å². The third-order valence-electron chi connectivity index (χ3n) is 1.79. The van der Waals surface area contributed by atoms with Gasteiger partial charge in [0.15, 0.2) is 0 Å². The Morgan fingerprint density at radius 1 is 1.54 bits per heavy atom. The van der Waals surface area contributed by atoms with Crippen LogP contribution in [0, 0.1) is 0 Å². The number of halogens is 3. The quantitative estimate of drug-likeness (QED) is 0.795. The smallest absolute Gasteiger partial charge is 0.324 e. The molecule has 2 N–H and O–H groups in total. The standard InChI is InChI=1S/C8H10F3NS/c1-2-6(12)5-3-4-13-7(5)8(9,10)11/h3-4,6H,2,12H2,1H3/t6-/m0/s1. The topological polar surface area (TPSA) is 26.0 Å². The van der Waals surface area contributed by atoms with Gasteiger partial charge in [-0.15, -0.1) is 11.3 Å². The van der Waals surface area contributed by atoms with Crippen LogP contribution in [0.1, 0.15) is 29.8 Å². The largest absolute Gasteiger partial charge is 0.425 e. The fraction of sp³-hybridized carbons (Fsp3) is 0.500. The van der Waals surface area contributed by atoms with E-state index in [1.165, 1.54) is 11.4 Å². The van der Waals surface area contributed by atoms with Gasteiger partial charge in [-0.25, -0.2) is 0 Å². The van der Waals surface area contributed by atoms with Gasteiger partial charge in [0, 0.05) is 6.04 Å².